The zero-order chi connectivity index (χ0) is 5.70. The Balaban J connectivity index is 2.97. The summed E-state index contributed by atoms with van der Waals surface area (Å²) in [6, 6.07) is 0. The number of carbonyl (C=O) groups excluding carboxylic acids is 1. The zero-order valence-corrected chi connectivity index (χ0v) is 4.20. The molecule has 0 aliphatic rings. The van der Waals surface area contributed by atoms with Crippen molar-refractivity contribution in [1.29, 1.82) is 0 Å². The number of nitrogens with one attached hydrogen (secondary N) is 1. The van der Waals surface area contributed by atoms with Crippen molar-refractivity contribution >= 4 is 23.8 Å². The van der Waals surface area contributed by atoms with E-state index < -0.39 is 0 Å². The minimum atomic E-state index is -0.0629. The van der Waals surface area contributed by atoms with Crippen LogP contribution in [0.1, 0.15) is 0 Å². The summed E-state index contributed by atoms with van der Waals surface area (Å²) in [6.07, 6.45) is 0. The predicted octanol–water partition coefficient (Wildman–Crippen LogP) is -1.09. The molecule has 5 heteroatoms. The maximum absolute atomic E-state index is 9.31. The first kappa shape index (κ1) is 6.16. The van der Waals surface area contributed by atoms with Crippen LogP contribution in [0.15, 0.2) is 0 Å². The van der Waals surface area contributed by atoms with E-state index >= 15 is 0 Å². The molecular weight excluding hydrogens is 116 g/mol. The molecule has 0 unspecified atom stereocenters. The summed E-state index contributed by atoms with van der Waals surface area (Å²) in [5, 5.41) is -0.0629. The largest absolute Gasteiger partial charge is 0.374 e. The van der Waals surface area contributed by atoms with Gasteiger partial charge in [-0.2, -0.15) is 5.48 Å². The van der Waals surface area contributed by atoms with Crippen LogP contribution in [0.2, 0.25) is 0 Å². The first-order valence-corrected chi connectivity index (χ1v) is 1.83. The minimum absolute atomic E-state index is 0.0629. The van der Waals surface area contributed by atoms with Crippen LogP contribution >= 0.6 is 12.2 Å². The van der Waals surface area contributed by atoms with Crippen LogP contribution in [-0.4, -0.2) is 11.6 Å². The van der Waals surface area contributed by atoms with Crippen LogP contribution in [-0.2, 0) is 9.63 Å². The zero-order valence-electron chi connectivity index (χ0n) is 3.38. The smallest absolute Gasteiger partial charge is 0.320 e. The van der Waals surface area contributed by atoms with E-state index in [2.05, 4.69) is 17.1 Å². The van der Waals surface area contributed by atoms with Crippen molar-refractivity contribution < 1.29 is 9.63 Å². The summed E-state index contributed by atoms with van der Waals surface area (Å²) in [4.78, 5) is 13.2. The average Bonchev–Trinajstić information content (AvgIpc) is 1.61. The van der Waals surface area contributed by atoms with Gasteiger partial charge in [0.25, 0.3) is 0 Å². The molecule has 0 aromatic rings. The number of hydroxylamine groups is 1. The fourth-order valence-electron chi connectivity index (χ4n) is 0.0821. The summed E-state index contributed by atoms with van der Waals surface area (Å²) < 4.78 is 0. The van der Waals surface area contributed by atoms with E-state index in [0.717, 1.165) is 0 Å². The Morgan fingerprint density at radius 2 is 2.57 bits per heavy atom. The van der Waals surface area contributed by atoms with Gasteiger partial charge < -0.3 is 10.6 Å². The monoisotopic (exact) mass is 120 g/mol. The van der Waals surface area contributed by atoms with Crippen LogP contribution in [0.3, 0.4) is 0 Å². The van der Waals surface area contributed by atoms with Crippen molar-refractivity contribution in [3.63, 3.8) is 0 Å². The van der Waals surface area contributed by atoms with Gasteiger partial charge in [-0.25, -0.2) is 0 Å². The van der Waals surface area contributed by atoms with Crippen molar-refractivity contribution in [3.8, 4) is 0 Å². The first-order valence-electron chi connectivity index (χ1n) is 1.42. The molecule has 0 saturated carbocycles. The van der Waals surface area contributed by atoms with E-state index in [1.54, 1.807) is 0 Å². The van der Waals surface area contributed by atoms with Gasteiger partial charge in [-0.15, -0.1) is 0 Å². The fourth-order valence-corrected chi connectivity index (χ4v) is 0.130. The molecule has 0 aliphatic carbocycles. The quantitative estimate of drug-likeness (QED) is 0.275. The third kappa shape index (κ3) is 5.16. The predicted molar refractivity (Wildman–Crippen MR) is 27.1 cm³/mol. The average molecular weight is 120 g/mol. The van der Waals surface area contributed by atoms with Gasteiger partial charge in [0, 0.05) is 0 Å². The highest BCUT2D eigenvalue weighted by atomic mass is 32.1. The molecule has 40 valence electrons. The Morgan fingerprint density at radius 1 is 2.00 bits per heavy atom. The van der Waals surface area contributed by atoms with E-state index in [1.165, 1.54) is 0 Å². The molecule has 0 fully saturated rings. The Kier molecular flexibility index (Phi) is 2.95. The molecule has 0 atom stereocenters. The molecule has 0 aliphatic heterocycles. The number of hydrogen-bond donors (Lipinski definition) is 2. The molecule has 0 spiro atoms. The van der Waals surface area contributed by atoms with Crippen molar-refractivity contribution in [2.45, 2.75) is 0 Å². The second-order valence-corrected chi connectivity index (χ2v) is 1.12. The molecule has 7 heavy (non-hydrogen) atoms. The third-order valence-corrected chi connectivity index (χ3v) is 0.291. The lowest BCUT2D eigenvalue weighted by molar-refractivity contribution is -0.132. The molecule has 0 amide bonds. The van der Waals surface area contributed by atoms with E-state index in [-0.39, 0.29) is 11.6 Å². The van der Waals surface area contributed by atoms with Gasteiger partial charge in [0.2, 0.25) is 0 Å². The topological polar surface area (TPSA) is 64.3 Å². The van der Waals surface area contributed by atoms with E-state index in [1.807, 2.05) is 5.48 Å². The standard InChI is InChI=1S/C2H4N2O2S/c3-2(7)4-6-1-5/h1H,(H3,3,4,7). The fraction of sp³-hybridized carbons (Fsp3) is 0. The van der Waals surface area contributed by atoms with Crippen LogP contribution in [0.5, 0.6) is 0 Å². The van der Waals surface area contributed by atoms with E-state index in [9.17, 15) is 4.79 Å². The maximum Gasteiger partial charge on any atom is 0.320 e. The minimum Gasteiger partial charge on any atom is -0.374 e. The summed E-state index contributed by atoms with van der Waals surface area (Å²) in [5.74, 6) is 0. The highest BCUT2D eigenvalue weighted by Gasteiger charge is 1.78. The van der Waals surface area contributed by atoms with Crippen LogP contribution < -0.4 is 11.2 Å². The molecular formula is C2H4N2O2S. The first-order chi connectivity index (χ1) is 3.27. The molecule has 0 heterocycles. The van der Waals surface area contributed by atoms with Crippen molar-refractivity contribution in [3.05, 3.63) is 0 Å². The molecule has 0 rings (SSSR count). The normalized spacial score (nSPS) is 6.86. The van der Waals surface area contributed by atoms with Gasteiger partial charge in [-0.1, -0.05) is 0 Å². The molecule has 3 N–H and O–H groups in total. The lowest BCUT2D eigenvalue weighted by Gasteiger charge is -1.93. The summed E-state index contributed by atoms with van der Waals surface area (Å²) >= 11 is 4.24. The van der Waals surface area contributed by atoms with Crippen molar-refractivity contribution in [2.75, 3.05) is 0 Å². The molecule has 4 nitrogen and oxygen atoms in total. The highest BCUT2D eigenvalue weighted by Crippen LogP contribution is 1.53. The highest BCUT2D eigenvalue weighted by molar-refractivity contribution is 7.80. The lowest BCUT2D eigenvalue weighted by atomic mass is 11.2. The SMILES string of the molecule is NC(=S)NOC=O. The van der Waals surface area contributed by atoms with Gasteiger partial charge >= 0.3 is 6.47 Å². The lowest BCUT2D eigenvalue weighted by Crippen LogP contribution is -2.28. The number of rotatable bonds is 2. The molecule has 0 bridgehead atoms. The molecule has 0 aromatic carbocycles. The van der Waals surface area contributed by atoms with Gasteiger partial charge in [0.05, 0.1) is 0 Å². The van der Waals surface area contributed by atoms with Crippen molar-refractivity contribution in [2.24, 2.45) is 5.73 Å². The van der Waals surface area contributed by atoms with Gasteiger partial charge in [-0.05, 0) is 12.2 Å². The number of carbonyl (C=O) groups is 1. The molecule has 0 saturated heterocycles. The van der Waals surface area contributed by atoms with E-state index in [0.29, 0.717) is 0 Å². The van der Waals surface area contributed by atoms with Gasteiger partial charge in [0.1, 0.15) is 0 Å². The maximum atomic E-state index is 9.31. The Labute approximate surface area is 45.6 Å². The van der Waals surface area contributed by atoms with Crippen LogP contribution in [0.25, 0.3) is 0 Å². The number of thiocarbonyl (C=S) groups is 1. The van der Waals surface area contributed by atoms with Crippen molar-refractivity contribution in [1.82, 2.24) is 5.48 Å². The molecule has 0 radical (unpaired) electrons. The number of hydrogen-bond acceptors (Lipinski definition) is 3. The summed E-state index contributed by atoms with van der Waals surface area (Å²) in [7, 11) is 0. The Bertz CT molecular complexity index is 83.8. The summed E-state index contributed by atoms with van der Waals surface area (Å²) in [5.41, 5.74) is 6.75. The van der Waals surface area contributed by atoms with E-state index in [4.69, 9.17) is 5.73 Å². The third-order valence-electron chi connectivity index (χ3n) is 0.208. The second-order valence-electron chi connectivity index (χ2n) is 0.680. The molecule has 0 aromatic heterocycles. The van der Waals surface area contributed by atoms with Gasteiger partial charge in [0.15, 0.2) is 5.11 Å². The number of nitrogens with two attached hydrogens (primary N) is 1. The Hall–Kier alpha value is -0.840. The van der Waals surface area contributed by atoms with Crippen LogP contribution in [0, 0.1) is 0 Å². The second kappa shape index (κ2) is 3.35. The summed E-state index contributed by atoms with van der Waals surface area (Å²) in [6.45, 7) is 0.194. The van der Waals surface area contributed by atoms with Crippen LogP contribution in [0.4, 0.5) is 0 Å². The van der Waals surface area contributed by atoms with Gasteiger partial charge in [-0.3, -0.25) is 4.79 Å². The Morgan fingerprint density at radius 3 is 2.71 bits per heavy atom.